The number of hydrogen-bond acceptors (Lipinski definition) is 8. The molecular weight excluding hydrogens is 501 g/mol. The highest BCUT2D eigenvalue weighted by Crippen LogP contribution is 2.19. The molecular formula is C28H30FN7O3. The number of oxazole rings is 1. The molecule has 2 N–H and O–H groups in total. The second kappa shape index (κ2) is 12.0. The molecule has 4 aromatic heterocycles. The number of pyridine rings is 1. The monoisotopic (exact) mass is 531 g/mol. The van der Waals surface area contributed by atoms with Crippen LogP contribution in [0, 0.1) is 19.7 Å². The quantitative estimate of drug-likeness (QED) is 0.234. The number of benzene rings is 1. The number of aromatic nitrogens is 5. The van der Waals surface area contributed by atoms with Crippen LogP contribution in [0.15, 0.2) is 57.8 Å². The third-order valence-corrected chi connectivity index (χ3v) is 6.58. The molecule has 1 aromatic carbocycles. The van der Waals surface area contributed by atoms with Gasteiger partial charge >= 0.3 is 0 Å². The van der Waals surface area contributed by atoms with Crippen molar-refractivity contribution in [3.8, 4) is 0 Å². The lowest BCUT2D eigenvalue weighted by Crippen LogP contribution is -2.24. The molecule has 0 atom stereocenters. The zero-order chi connectivity index (χ0) is 27.2. The van der Waals surface area contributed by atoms with Crippen LogP contribution in [0.1, 0.15) is 44.9 Å². The number of halogens is 1. The smallest absolute Gasteiger partial charge is 0.273 e. The van der Waals surface area contributed by atoms with Crippen LogP contribution in [-0.2, 0) is 32.4 Å². The van der Waals surface area contributed by atoms with E-state index in [0.717, 1.165) is 59.8 Å². The molecule has 5 aromatic rings. The summed E-state index contributed by atoms with van der Waals surface area (Å²) in [4.78, 5) is 25.4. The summed E-state index contributed by atoms with van der Waals surface area (Å²) in [7, 11) is 0. The van der Waals surface area contributed by atoms with E-state index in [0.29, 0.717) is 18.9 Å². The molecule has 0 fully saturated rings. The first kappa shape index (κ1) is 26.2. The zero-order valence-electron chi connectivity index (χ0n) is 21.9. The zero-order valence-corrected chi connectivity index (χ0v) is 21.9. The fourth-order valence-corrected chi connectivity index (χ4v) is 4.50. The highest BCUT2D eigenvalue weighted by molar-refractivity contribution is 5.91. The van der Waals surface area contributed by atoms with Crippen molar-refractivity contribution >= 4 is 16.9 Å². The summed E-state index contributed by atoms with van der Waals surface area (Å²) in [6, 6.07) is 10.9. The summed E-state index contributed by atoms with van der Waals surface area (Å²) < 4.78 is 26.7. The van der Waals surface area contributed by atoms with Gasteiger partial charge in [0.2, 0.25) is 0 Å². The predicted molar refractivity (Wildman–Crippen MR) is 142 cm³/mol. The van der Waals surface area contributed by atoms with E-state index in [2.05, 4.69) is 36.4 Å². The molecule has 0 aliphatic rings. The summed E-state index contributed by atoms with van der Waals surface area (Å²) in [5, 5.41) is 10.1. The molecule has 11 heteroatoms. The van der Waals surface area contributed by atoms with Crippen LogP contribution >= 0.6 is 0 Å². The Balaban J connectivity index is 1.11. The highest BCUT2D eigenvalue weighted by atomic mass is 19.1. The number of carbonyl (C=O) groups excluding carboxylic acids is 1. The van der Waals surface area contributed by atoms with Gasteiger partial charge in [-0.1, -0.05) is 17.3 Å². The Morgan fingerprint density at radius 2 is 1.90 bits per heavy atom. The summed E-state index contributed by atoms with van der Waals surface area (Å²) in [5.74, 6) is 1.40. The van der Waals surface area contributed by atoms with Crippen LogP contribution in [-0.4, -0.2) is 43.7 Å². The molecule has 5 rings (SSSR count). The van der Waals surface area contributed by atoms with Gasteiger partial charge in [-0.2, -0.15) is 0 Å². The lowest BCUT2D eigenvalue weighted by molar-refractivity contribution is 0.0945. The molecule has 0 bridgehead atoms. The third kappa shape index (κ3) is 6.20. The Bertz CT molecular complexity index is 1550. The number of carbonyl (C=O) groups is 1. The molecule has 0 radical (unpaired) electrons. The number of para-hydroxylation sites is 2. The Morgan fingerprint density at radius 3 is 2.72 bits per heavy atom. The molecule has 4 heterocycles. The van der Waals surface area contributed by atoms with Gasteiger partial charge in [0.05, 0.1) is 29.0 Å². The van der Waals surface area contributed by atoms with Gasteiger partial charge in [0.15, 0.2) is 11.6 Å². The number of nitrogens with one attached hydrogen (secondary N) is 2. The van der Waals surface area contributed by atoms with E-state index in [1.807, 2.05) is 32.0 Å². The number of rotatable bonds is 12. The van der Waals surface area contributed by atoms with E-state index in [-0.39, 0.29) is 17.9 Å². The highest BCUT2D eigenvalue weighted by Gasteiger charge is 2.15. The van der Waals surface area contributed by atoms with Gasteiger partial charge in [-0.25, -0.2) is 14.4 Å². The lowest BCUT2D eigenvalue weighted by Gasteiger charge is -2.10. The lowest BCUT2D eigenvalue weighted by atomic mass is 10.1. The maximum atomic E-state index is 13.7. The fraction of sp³-hybridized carbons (Fsp3) is 0.321. The fourth-order valence-electron chi connectivity index (χ4n) is 4.50. The minimum Gasteiger partial charge on any atom is -0.448 e. The molecule has 0 aliphatic heterocycles. The standard InChI is InChI=1S/C28H30FN7O3/c1-18-20(19(2)39-35-18)11-15-36-25-8-4-3-7-22(25)33-26(36)9-13-30-14-10-27-34-24(17-38-27)28(37)32-16-23-21(29)6-5-12-31-23/h3-8,12,17,30H,9-11,13-16H2,1-2H3,(H,32,37). The van der Waals surface area contributed by atoms with Gasteiger partial charge in [-0.05, 0) is 44.5 Å². The van der Waals surface area contributed by atoms with Crippen LogP contribution in [0.4, 0.5) is 4.39 Å². The maximum absolute atomic E-state index is 13.7. The van der Waals surface area contributed by atoms with E-state index in [4.69, 9.17) is 13.9 Å². The van der Waals surface area contributed by atoms with Crippen molar-refractivity contribution in [1.29, 1.82) is 0 Å². The van der Waals surface area contributed by atoms with E-state index in [1.165, 1.54) is 24.6 Å². The van der Waals surface area contributed by atoms with E-state index < -0.39 is 11.7 Å². The van der Waals surface area contributed by atoms with Crippen molar-refractivity contribution < 1.29 is 18.1 Å². The number of nitrogens with zero attached hydrogens (tertiary/aromatic N) is 5. The number of aryl methyl sites for hydroxylation is 3. The Labute approximate surface area is 224 Å². The van der Waals surface area contributed by atoms with Crippen molar-refractivity contribution in [3.63, 3.8) is 0 Å². The molecule has 0 aliphatic carbocycles. The molecule has 0 spiro atoms. The molecule has 0 unspecified atom stereocenters. The number of imidazole rings is 1. The van der Waals surface area contributed by atoms with Gasteiger partial charge in [0, 0.05) is 44.2 Å². The predicted octanol–water partition coefficient (Wildman–Crippen LogP) is 3.71. The van der Waals surface area contributed by atoms with E-state index in [1.54, 1.807) is 0 Å². The first-order valence-electron chi connectivity index (χ1n) is 12.9. The van der Waals surface area contributed by atoms with Crippen LogP contribution in [0.5, 0.6) is 0 Å². The van der Waals surface area contributed by atoms with Crippen molar-refractivity contribution in [1.82, 2.24) is 35.3 Å². The molecule has 10 nitrogen and oxygen atoms in total. The van der Waals surface area contributed by atoms with Gasteiger partial charge in [0.1, 0.15) is 23.7 Å². The topological polar surface area (TPSA) is 124 Å². The second-order valence-corrected chi connectivity index (χ2v) is 9.21. The van der Waals surface area contributed by atoms with Gasteiger partial charge in [0.25, 0.3) is 5.91 Å². The van der Waals surface area contributed by atoms with Crippen molar-refractivity contribution in [2.45, 2.75) is 46.2 Å². The first-order valence-corrected chi connectivity index (χ1v) is 12.9. The van der Waals surface area contributed by atoms with Gasteiger partial charge in [-0.3, -0.25) is 9.78 Å². The van der Waals surface area contributed by atoms with Crippen molar-refractivity contribution in [2.75, 3.05) is 13.1 Å². The average molecular weight is 532 g/mol. The minimum absolute atomic E-state index is 0.0296. The van der Waals surface area contributed by atoms with E-state index >= 15 is 0 Å². The second-order valence-electron chi connectivity index (χ2n) is 9.21. The minimum atomic E-state index is -0.472. The Kier molecular flexibility index (Phi) is 8.07. The van der Waals surface area contributed by atoms with Crippen LogP contribution in [0.3, 0.4) is 0 Å². The largest absolute Gasteiger partial charge is 0.448 e. The van der Waals surface area contributed by atoms with Crippen molar-refractivity contribution in [3.05, 3.63) is 94.8 Å². The number of fused-ring (bicyclic) bond motifs is 1. The number of amides is 1. The first-order chi connectivity index (χ1) is 19.0. The SMILES string of the molecule is Cc1noc(C)c1CCn1c(CCNCCc2nc(C(=O)NCc3ncccc3F)co2)nc2ccccc21. The van der Waals surface area contributed by atoms with Gasteiger partial charge in [-0.15, -0.1) is 0 Å². The number of hydrogen-bond donors (Lipinski definition) is 2. The van der Waals surface area contributed by atoms with E-state index in [9.17, 15) is 9.18 Å². The average Bonchev–Trinajstić information content (AvgIpc) is 3.64. The summed E-state index contributed by atoms with van der Waals surface area (Å²) in [6.45, 7) is 6.01. The normalized spacial score (nSPS) is 11.4. The summed E-state index contributed by atoms with van der Waals surface area (Å²) >= 11 is 0. The summed E-state index contributed by atoms with van der Waals surface area (Å²) in [6.07, 6.45) is 4.87. The molecule has 1 amide bonds. The Morgan fingerprint density at radius 1 is 1.05 bits per heavy atom. The molecule has 0 saturated carbocycles. The molecule has 202 valence electrons. The summed E-state index contributed by atoms with van der Waals surface area (Å²) in [5.41, 5.74) is 4.46. The van der Waals surface area contributed by atoms with Crippen molar-refractivity contribution in [2.24, 2.45) is 0 Å². The Hall–Kier alpha value is -4.38. The third-order valence-electron chi connectivity index (χ3n) is 6.58. The van der Waals surface area contributed by atoms with Crippen LogP contribution < -0.4 is 10.6 Å². The molecule has 0 saturated heterocycles. The molecule has 39 heavy (non-hydrogen) atoms. The van der Waals surface area contributed by atoms with Crippen LogP contribution in [0.2, 0.25) is 0 Å². The maximum Gasteiger partial charge on any atom is 0.273 e. The van der Waals surface area contributed by atoms with Gasteiger partial charge < -0.3 is 24.1 Å². The van der Waals surface area contributed by atoms with Crippen LogP contribution in [0.25, 0.3) is 11.0 Å².